The van der Waals surface area contributed by atoms with Crippen LogP contribution in [0.4, 0.5) is 16.2 Å². The van der Waals surface area contributed by atoms with Crippen LogP contribution in [0.3, 0.4) is 0 Å². The molecule has 126 valence electrons. The lowest BCUT2D eigenvalue weighted by Gasteiger charge is -2.10. The van der Waals surface area contributed by atoms with Gasteiger partial charge in [-0.2, -0.15) is 0 Å². The van der Waals surface area contributed by atoms with E-state index in [-0.39, 0.29) is 18.0 Å². The maximum absolute atomic E-state index is 11.9. The molecule has 3 amide bonds. The Labute approximate surface area is 139 Å². The summed E-state index contributed by atoms with van der Waals surface area (Å²) in [5, 5.41) is 7.76. The number of aryl methyl sites for hydroxylation is 2. The van der Waals surface area contributed by atoms with E-state index in [2.05, 4.69) is 16.0 Å². The highest BCUT2D eigenvalue weighted by Crippen LogP contribution is 2.09. The van der Waals surface area contributed by atoms with Gasteiger partial charge in [0.05, 0.1) is 12.2 Å². The SMILES string of the molecule is CCn1cc(NC(=O)CNC(=O)Nc2cccc(C)c2)ccc1=O. The van der Waals surface area contributed by atoms with E-state index >= 15 is 0 Å². The maximum atomic E-state index is 11.9. The molecule has 0 bridgehead atoms. The number of amides is 3. The van der Waals surface area contributed by atoms with E-state index in [1.807, 2.05) is 32.0 Å². The van der Waals surface area contributed by atoms with E-state index < -0.39 is 6.03 Å². The molecule has 0 saturated carbocycles. The molecule has 0 saturated heterocycles. The number of pyridine rings is 1. The molecule has 0 fully saturated rings. The Kier molecular flexibility index (Phi) is 5.73. The van der Waals surface area contributed by atoms with Gasteiger partial charge in [-0.15, -0.1) is 0 Å². The average Bonchev–Trinajstić information content (AvgIpc) is 2.55. The summed E-state index contributed by atoms with van der Waals surface area (Å²) in [7, 11) is 0. The zero-order valence-electron chi connectivity index (χ0n) is 13.6. The van der Waals surface area contributed by atoms with Crippen molar-refractivity contribution in [1.29, 1.82) is 0 Å². The summed E-state index contributed by atoms with van der Waals surface area (Å²) >= 11 is 0. The van der Waals surface area contributed by atoms with Crippen LogP contribution in [0, 0.1) is 6.92 Å². The topological polar surface area (TPSA) is 92.2 Å². The third-order valence-corrected chi connectivity index (χ3v) is 3.29. The Morgan fingerprint density at radius 3 is 2.58 bits per heavy atom. The van der Waals surface area contributed by atoms with Gasteiger partial charge in [-0.05, 0) is 37.6 Å². The summed E-state index contributed by atoms with van der Waals surface area (Å²) in [4.78, 5) is 35.1. The molecule has 2 aromatic rings. The first-order valence-electron chi connectivity index (χ1n) is 7.60. The molecule has 0 atom stereocenters. The second-order valence-corrected chi connectivity index (χ2v) is 5.27. The number of benzene rings is 1. The Bertz CT molecular complexity index is 798. The molecule has 24 heavy (non-hydrogen) atoms. The van der Waals surface area contributed by atoms with Gasteiger partial charge in [-0.3, -0.25) is 9.59 Å². The summed E-state index contributed by atoms with van der Waals surface area (Å²) in [6.07, 6.45) is 1.56. The van der Waals surface area contributed by atoms with Gasteiger partial charge in [0.25, 0.3) is 5.56 Å². The first-order valence-corrected chi connectivity index (χ1v) is 7.60. The van der Waals surface area contributed by atoms with Crippen molar-refractivity contribution < 1.29 is 9.59 Å². The number of hydrogen-bond acceptors (Lipinski definition) is 3. The molecule has 1 heterocycles. The van der Waals surface area contributed by atoms with Crippen LogP contribution in [0.5, 0.6) is 0 Å². The van der Waals surface area contributed by atoms with Gasteiger partial charge in [0.15, 0.2) is 0 Å². The molecule has 1 aromatic heterocycles. The standard InChI is InChI=1S/C17H20N4O3/c1-3-21-11-14(7-8-16(21)23)19-15(22)10-18-17(24)20-13-6-4-5-12(2)9-13/h4-9,11H,3,10H2,1-2H3,(H,19,22)(H2,18,20,24). The van der Waals surface area contributed by atoms with Crippen molar-refractivity contribution in [3.63, 3.8) is 0 Å². The minimum atomic E-state index is -0.464. The second-order valence-electron chi connectivity index (χ2n) is 5.27. The van der Waals surface area contributed by atoms with Crippen LogP contribution >= 0.6 is 0 Å². The minimum absolute atomic E-state index is 0.133. The molecule has 0 aliphatic rings. The molecule has 2 rings (SSSR count). The van der Waals surface area contributed by atoms with Gasteiger partial charge in [0.2, 0.25) is 5.91 Å². The van der Waals surface area contributed by atoms with Crippen molar-refractivity contribution in [1.82, 2.24) is 9.88 Å². The number of carbonyl (C=O) groups excluding carboxylic acids is 2. The van der Waals surface area contributed by atoms with Gasteiger partial charge < -0.3 is 20.5 Å². The fourth-order valence-electron chi connectivity index (χ4n) is 2.12. The summed E-state index contributed by atoms with van der Waals surface area (Å²) in [5.74, 6) is -0.379. The van der Waals surface area contributed by atoms with E-state index in [0.717, 1.165) is 5.56 Å². The highest BCUT2D eigenvalue weighted by Gasteiger charge is 2.07. The molecular weight excluding hydrogens is 308 g/mol. The molecule has 7 heteroatoms. The predicted octanol–water partition coefficient (Wildman–Crippen LogP) is 1.94. The quantitative estimate of drug-likeness (QED) is 0.783. The van der Waals surface area contributed by atoms with Crippen molar-refractivity contribution in [3.8, 4) is 0 Å². The monoisotopic (exact) mass is 328 g/mol. The van der Waals surface area contributed by atoms with Gasteiger partial charge in [-0.1, -0.05) is 12.1 Å². The van der Waals surface area contributed by atoms with Crippen molar-refractivity contribution in [2.24, 2.45) is 0 Å². The number of nitrogens with zero attached hydrogens (tertiary/aromatic N) is 1. The molecule has 0 unspecified atom stereocenters. The van der Waals surface area contributed by atoms with Crippen LogP contribution in [0.2, 0.25) is 0 Å². The first-order chi connectivity index (χ1) is 11.5. The lowest BCUT2D eigenvalue weighted by Crippen LogP contribution is -2.36. The van der Waals surface area contributed by atoms with E-state index in [1.54, 1.807) is 12.3 Å². The number of urea groups is 1. The minimum Gasteiger partial charge on any atom is -0.329 e. The zero-order valence-corrected chi connectivity index (χ0v) is 13.6. The number of rotatable bonds is 5. The Morgan fingerprint density at radius 1 is 1.08 bits per heavy atom. The van der Waals surface area contributed by atoms with Crippen molar-refractivity contribution in [3.05, 3.63) is 58.5 Å². The maximum Gasteiger partial charge on any atom is 0.319 e. The number of hydrogen-bond donors (Lipinski definition) is 3. The zero-order chi connectivity index (χ0) is 17.5. The predicted molar refractivity (Wildman–Crippen MR) is 93.2 cm³/mol. The largest absolute Gasteiger partial charge is 0.329 e. The summed E-state index contributed by atoms with van der Waals surface area (Å²) < 4.78 is 1.48. The molecule has 3 N–H and O–H groups in total. The summed E-state index contributed by atoms with van der Waals surface area (Å²) in [5.41, 5.74) is 2.05. The van der Waals surface area contributed by atoms with Gasteiger partial charge in [0, 0.05) is 24.5 Å². The fraction of sp³-hybridized carbons (Fsp3) is 0.235. The van der Waals surface area contributed by atoms with E-state index in [9.17, 15) is 14.4 Å². The van der Waals surface area contributed by atoms with Crippen LogP contribution in [0.15, 0.2) is 47.4 Å². The van der Waals surface area contributed by atoms with Crippen LogP contribution in [0.1, 0.15) is 12.5 Å². The van der Waals surface area contributed by atoms with E-state index in [1.165, 1.54) is 16.7 Å². The lowest BCUT2D eigenvalue weighted by atomic mass is 10.2. The van der Waals surface area contributed by atoms with Crippen LogP contribution in [0.25, 0.3) is 0 Å². The average molecular weight is 328 g/mol. The summed E-state index contributed by atoms with van der Waals surface area (Å²) in [6.45, 7) is 4.10. The highest BCUT2D eigenvalue weighted by molar-refractivity contribution is 5.96. The first kappa shape index (κ1) is 17.3. The highest BCUT2D eigenvalue weighted by atomic mass is 16.2. The molecule has 0 aliphatic carbocycles. The Hall–Kier alpha value is -3.09. The molecule has 0 radical (unpaired) electrons. The third kappa shape index (κ3) is 4.98. The Balaban J connectivity index is 1.84. The van der Waals surface area contributed by atoms with Crippen molar-refractivity contribution in [2.75, 3.05) is 17.2 Å². The number of aromatic nitrogens is 1. The molecular formula is C17H20N4O3. The lowest BCUT2D eigenvalue weighted by molar-refractivity contribution is -0.115. The fourth-order valence-corrected chi connectivity index (χ4v) is 2.12. The summed E-state index contributed by atoms with van der Waals surface area (Å²) in [6, 6.07) is 9.80. The number of carbonyl (C=O) groups is 2. The van der Waals surface area contributed by atoms with Crippen LogP contribution in [-0.2, 0) is 11.3 Å². The van der Waals surface area contributed by atoms with E-state index in [0.29, 0.717) is 17.9 Å². The third-order valence-electron chi connectivity index (χ3n) is 3.29. The molecule has 0 spiro atoms. The van der Waals surface area contributed by atoms with Gasteiger partial charge >= 0.3 is 6.03 Å². The van der Waals surface area contributed by atoms with Crippen molar-refractivity contribution in [2.45, 2.75) is 20.4 Å². The normalized spacial score (nSPS) is 10.1. The molecule has 1 aromatic carbocycles. The van der Waals surface area contributed by atoms with Crippen LogP contribution < -0.4 is 21.5 Å². The molecule has 0 aliphatic heterocycles. The molecule has 7 nitrogen and oxygen atoms in total. The smallest absolute Gasteiger partial charge is 0.319 e. The van der Waals surface area contributed by atoms with E-state index in [4.69, 9.17) is 0 Å². The second kappa shape index (κ2) is 7.96. The van der Waals surface area contributed by atoms with Gasteiger partial charge in [0.1, 0.15) is 0 Å². The Morgan fingerprint density at radius 2 is 1.88 bits per heavy atom. The van der Waals surface area contributed by atoms with Gasteiger partial charge in [-0.25, -0.2) is 4.79 Å². The number of anilines is 2. The van der Waals surface area contributed by atoms with Crippen molar-refractivity contribution >= 4 is 23.3 Å². The van der Waals surface area contributed by atoms with Crippen LogP contribution in [-0.4, -0.2) is 23.1 Å². The number of nitrogens with one attached hydrogen (secondary N) is 3.